The molecule has 1 aromatic carbocycles. The maximum atomic E-state index is 9.81. The van der Waals surface area contributed by atoms with Crippen molar-refractivity contribution in [3.05, 3.63) is 47.9 Å². The van der Waals surface area contributed by atoms with Crippen LogP contribution in [0.3, 0.4) is 0 Å². The Morgan fingerprint density at radius 3 is 2.57 bits per heavy atom. The highest BCUT2D eigenvalue weighted by Crippen LogP contribution is 2.39. The Labute approximate surface area is 180 Å². The maximum Gasteiger partial charge on any atom is 0.247 e. The minimum Gasteiger partial charge on any atom is -0.421 e. The van der Waals surface area contributed by atoms with Crippen LogP contribution in [0.4, 0.5) is 0 Å². The average Bonchev–Trinajstić information content (AvgIpc) is 3.21. The molecular formula is C25H35N3O2. The number of rotatable bonds is 6. The molecule has 0 saturated carbocycles. The van der Waals surface area contributed by atoms with Crippen LogP contribution in [0.25, 0.3) is 11.5 Å². The van der Waals surface area contributed by atoms with Crippen molar-refractivity contribution in [1.29, 1.82) is 0 Å². The van der Waals surface area contributed by atoms with E-state index in [0.717, 1.165) is 50.4 Å². The molecule has 1 N–H and O–H groups in total. The largest absolute Gasteiger partial charge is 0.421 e. The molecule has 1 aliphatic heterocycles. The molecule has 5 nitrogen and oxygen atoms in total. The Hall–Kier alpha value is -1.98. The summed E-state index contributed by atoms with van der Waals surface area (Å²) >= 11 is 0. The number of hydrogen-bond acceptors (Lipinski definition) is 5. The van der Waals surface area contributed by atoms with Crippen molar-refractivity contribution in [3.8, 4) is 11.5 Å². The van der Waals surface area contributed by atoms with Crippen molar-refractivity contribution < 1.29 is 9.52 Å². The molecule has 1 saturated heterocycles. The van der Waals surface area contributed by atoms with Crippen LogP contribution in [0, 0.1) is 23.7 Å². The molecule has 0 radical (unpaired) electrons. The molecule has 0 amide bonds. The van der Waals surface area contributed by atoms with E-state index in [4.69, 9.17) is 4.42 Å². The Morgan fingerprint density at radius 1 is 1.13 bits per heavy atom. The third-order valence-corrected chi connectivity index (χ3v) is 7.02. The van der Waals surface area contributed by atoms with Crippen molar-refractivity contribution in [2.75, 3.05) is 19.6 Å². The number of benzene rings is 1. The second-order valence-electron chi connectivity index (χ2n) is 9.52. The van der Waals surface area contributed by atoms with Crippen molar-refractivity contribution in [1.82, 2.24) is 15.1 Å². The van der Waals surface area contributed by atoms with Crippen molar-refractivity contribution >= 4 is 0 Å². The average molecular weight is 410 g/mol. The van der Waals surface area contributed by atoms with Crippen LogP contribution < -0.4 is 0 Å². The minimum atomic E-state index is -0.106. The molecule has 5 heteroatoms. The van der Waals surface area contributed by atoms with Crippen molar-refractivity contribution in [3.63, 3.8) is 0 Å². The molecule has 1 aliphatic carbocycles. The molecule has 3 unspecified atom stereocenters. The first kappa shape index (κ1) is 21.3. The molecule has 2 heterocycles. The highest BCUT2D eigenvalue weighted by Gasteiger charge is 2.34. The lowest BCUT2D eigenvalue weighted by Crippen LogP contribution is -2.42. The highest BCUT2D eigenvalue weighted by molar-refractivity contribution is 5.51. The van der Waals surface area contributed by atoms with E-state index in [2.05, 4.69) is 41.9 Å². The fourth-order valence-electron chi connectivity index (χ4n) is 5.13. The van der Waals surface area contributed by atoms with Gasteiger partial charge in [-0.1, -0.05) is 43.7 Å². The van der Waals surface area contributed by atoms with E-state index in [1.54, 1.807) is 0 Å². The van der Waals surface area contributed by atoms with Gasteiger partial charge in [-0.15, -0.1) is 10.2 Å². The summed E-state index contributed by atoms with van der Waals surface area (Å²) in [7, 11) is 0. The smallest absolute Gasteiger partial charge is 0.247 e. The van der Waals surface area contributed by atoms with Gasteiger partial charge in [0.25, 0.3) is 0 Å². The number of allylic oxidation sites excluding steroid dienone is 1. The SMILES string of the molecule is CC1=CC(CN2CCC(O)CC2)C(C(C)C)CC1Cc1nnc(-c2ccccc2)o1. The fourth-order valence-corrected chi connectivity index (χ4v) is 5.13. The minimum absolute atomic E-state index is 0.106. The maximum absolute atomic E-state index is 9.81. The van der Waals surface area contributed by atoms with E-state index in [0.29, 0.717) is 29.6 Å². The predicted molar refractivity (Wildman–Crippen MR) is 119 cm³/mol. The summed E-state index contributed by atoms with van der Waals surface area (Å²) in [4.78, 5) is 2.54. The molecule has 162 valence electrons. The lowest BCUT2D eigenvalue weighted by Gasteiger charge is -2.40. The van der Waals surface area contributed by atoms with Gasteiger partial charge >= 0.3 is 0 Å². The standard InChI is InChI=1S/C25H35N3O2/c1-17(2)23-14-20(15-24-26-27-25(30-24)19-7-5-4-6-8-19)18(3)13-21(23)16-28-11-9-22(29)10-12-28/h4-8,13,17,20-23,29H,9-12,14-16H2,1-3H3. The molecule has 0 bridgehead atoms. The number of aliphatic hydroxyl groups is 1. The van der Waals surface area contributed by atoms with Gasteiger partial charge in [-0.3, -0.25) is 0 Å². The van der Waals surface area contributed by atoms with Crippen LogP contribution in [0.2, 0.25) is 0 Å². The van der Waals surface area contributed by atoms with Gasteiger partial charge < -0.3 is 14.4 Å². The summed E-state index contributed by atoms with van der Waals surface area (Å²) in [5.74, 6) is 3.67. The quantitative estimate of drug-likeness (QED) is 0.707. The van der Waals surface area contributed by atoms with Crippen LogP contribution in [-0.2, 0) is 6.42 Å². The summed E-state index contributed by atoms with van der Waals surface area (Å²) in [6.45, 7) is 10.1. The number of piperidine rings is 1. The van der Waals surface area contributed by atoms with Crippen LogP contribution in [0.15, 0.2) is 46.4 Å². The molecule has 2 aliphatic rings. The lowest BCUT2D eigenvalue weighted by molar-refractivity contribution is 0.0670. The topological polar surface area (TPSA) is 62.4 Å². The number of nitrogens with zero attached hydrogens (tertiary/aromatic N) is 3. The zero-order valence-electron chi connectivity index (χ0n) is 18.5. The van der Waals surface area contributed by atoms with E-state index in [1.807, 2.05) is 30.3 Å². The second-order valence-corrected chi connectivity index (χ2v) is 9.52. The third-order valence-electron chi connectivity index (χ3n) is 7.02. The van der Waals surface area contributed by atoms with Gasteiger partial charge in [-0.05, 0) is 62.0 Å². The van der Waals surface area contributed by atoms with Gasteiger partial charge in [0.15, 0.2) is 0 Å². The monoisotopic (exact) mass is 409 g/mol. The summed E-state index contributed by atoms with van der Waals surface area (Å²) in [6, 6.07) is 9.98. The Balaban J connectivity index is 1.44. The first-order valence-electron chi connectivity index (χ1n) is 11.5. The lowest BCUT2D eigenvalue weighted by atomic mass is 9.69. The highest BCUT2D eigenvalue weighted by atomic mass is 16.4. The van der Waals surface area contributed by atoms with Crippen LogP contribution in [-0.4, -0.2) is 45.9 Å². The molecule has 0 spiro atoms. The molecule has 30 heavy (non-hydrogen) atoms. The van der Waals surface area contributed by atoms with Crippen molar-refractivity contribution in [2.24, 2.45) is 23.7 Å². The third kappa shape index (κ3) is 5.01. The van der Waals surface area contributed by atoms with Crippen LogP contribution in [0.1, 0.15) is 45.9 Å². The van der Waals surface area contributed by atoms with Gasteiger partial charge in [-0.2, -0.15) is 0 Å². The number of hydrogen-bond donors (Lipinski definition) is 1. The van der Waals surface area contributed by atoms with Crippen molar-refractivity contribution in [2.45, 2.75) is 52.6 Å². The van der Waals surface area contributed by atoms with E-state index in [-0.39, 0.29) is 6.10 Å². The zero-order valence-corrected chi connectivity index (χ0v) is 18.5. The normalized spacial score (nSPS) is 26.2. The number of aromatic nitrogens is 2. The molecule has 1 aromatic heterocycles. The fraction of sp³-hybridized carbons (Fsp3) is 0.600. The number of likely N-dealkylation sites (tertiary alicyclic amines) is 1. The first-order valence-corrected chi connectivity index (χ1v) is 11.5. The zero-order chi connectivity index (χ0) is 21.1. The number of aliphatic hydroxyl groups excluding tert-OH is 1. The van der Waals surface area contributed by atoms with Gasteiger partial charge in [0.1, 0.15) is 0 Å². The molecule has 4 rings (SSSR count). The Bertz CT molecular complexity index is 837. The first-order chi connectivity index (χ1) is 14.5. The molecule has 3 atom stereocenters. The summed E-state index contributed by atoms with van der Waals surface area (Å²) < 4.78 is 5.99. The van der Waals surface area contributed by atoms with Gasteiger partial charge in [0.05, 0.1) is 6.10 Å². The molecule has 1 fully saturated rings. The predicted octanol–water partition coefficient (Wildman–Crippen LogP) is 4.59. The van der Waals surface area contributed by atoms with E-state index >= 15 is 0 Å². The molecule has 2 aromatic rings. The molecular weight excluding hydrogens is 374 g/mol. The van der Waals surface area contributed by atoms with Gasteiger partial charge in [0.2, 0.25) is 11.8 Å². The van der Waals surface area contributed by atoms with E-state index in [9.17, 15) is 5.11 Å². The van der Waals surface area contributed by atoms with Gasteiger partial charge in [0, 0.05) is 31.6 Å². The van der Waals surface area contributed by atoms with Crippen LogP contribution >= 0.6 is 0 Å². The summed E-state index contributed by atoms with van der Waals surface area (Å²) in [5.41, 5.74) is 2.42. The summed E-state index contributed by atoms with van der Waals surface area (Å²) in [6.07, 6.45) is 6.21. The Kier molecular flexibility index (Phi) is 6.69. The Morgan fingerprint density at radius 2 is 1.87 bits per heavy atom. The van der Waals surface area contributed by atoms with E-state index in [1.165, 1.54) is 12.0 Å². The van der Waals surface area contributed by atoms with E-state index < -0.39 is 0 Å². The van der Waals surface area contributed by atoms with Gasteiger partial charge in [-0.25, -0.2) is 0 Å². The second kappa shape index (κ2) is 9.44. The van der Waals surface area contributed by atoms with Crippen LogP contribution in [0.5, 0.6) is 0 Å². The summed E-state index contributed by atoms with van der Waals surface area (Å²) in [5, 5.41) is 18.4.